The molecule has 1 aromatic carbocycles. The first-order valence-corrected chi connectivity index (χ1v) is 7.12. The van der Waals surface area contributed by atoms with Crippen molar-refractivity contribution in [2.45, 2.75) is 19.9 Å². The van der Waals surface area contributed by atoms with Crippen LogP contribution in [0.4, 0.5) is 11.4 Å². The van der Waals surface area contributed by atoms with E-state index < -0.39 is 4.92 Å². The smallest absolute Gasteiger partial charge is 0.292 e. The molecule has 1 aliphatic rings. The fourth-order valence-corrected chi connectivity index (χ4v) is 2.43. The van der Waals surface area contributed by atoms with Crippen LogP contribution in [0.3, 0.4) is 0 Å². The summed E-state index contributed by atoms with van der Waals surface area (Å²) in [6, 6.07) is 4.76. The van der Waals surface area contributed by atoms with E-state index in [0.717, 1.165) is 13.1 Å². The van der Waals surface area contributed by atoms with Gasteiger partial charge in [0.05, 0.1) is 11.0 Å². The van der Waals surface area contributed by atoms with Gasteiger partial charge in [-0.15, -0.1) is 0 Å². The molecule has 0 saturated carbocycles. The number of amides is 1. The van der Waals surface area contributed by atoms with Crippen LogP contribution < -0.4 is 15.5 Å². The van der Waals surface area contributed by atoms with Gasteiger partial charge in [-0.1, -0.05) is 0 Å². The van der Waals surface area contributed by atoms with E-state index in [1.54, 1.807) is 6.07 Å². The molecule has 0 aliphatic carbocycles. The van der Waals surface area contributed by atoms with Crippen molar-refractivity contribution in [3.8, 4) is 0 Å². The molecule has 0 radical (unpaired) electrons. The third-order valence-electron chi connectivity index (χ3n) is 3.62. The first-order chi connectivity index (χ1) is 10.1. The largest absolute Gasteiger partial charge is 0.361 e. The lowest BCUT2D eigenvalue weighted by atomic mass is 10.1. The van der Waals surface area contributed by atoms with Crippen LogP contribution in [0, 0.1) is 10.1 Å². The van der Waals surface area contributed by atoms with Gasteiger partial charge in [-0.05, 0) is 26.0 Å². The van der Waals surface area contributed by atoms with E-state index in [4.69, 9.17) is 0 Å². The highest BCUT2D eigenvalue weighted by Gasteiger charge is 2.29. The molecule has 2 N–H and O–H groups in total. The highest BCUT2D eigenvalue weighted by molar-refractivity contribution is 5.96. The maximum atomic E-state index is 11.9. The normalized spacial score (nSPS) is 14.4. The number of nitrogens with one attached hydrogen (secondary N) is 2. The van der Waals surface area contributed by atoms with Crippen molar-refractivity contribution in [3.63, 3.8) is 0 Å². The zero-order chi connectivity index (χ0) is 15.4. The van der Waals surface area contributed by atoms with Crippen LogP contribution >= 0.6 is 0 Å². The standard InChI is InChI=1S/C14H20N4O3/c1-3-16-14(19)10-5-6-12(18(20)21)13(7-10)17(4-2)11-8-15-9-11/h5-7,11,15H,3-4,8-9H2,1-2H3,(H,16,19). The number of carbonyl (C=O) groups excluding carboxylic acids is 1. The highest BCUT2D eigenvalue weighted by Crippen LogP contribution is 2.31. The van der Waals surface area contributed by atoms with Gasteiger partial charge in [0, 0.05) is 37.8 Å². The lowest BCUT2D eigenvalue weighted by molar-refractivity contribution is -0.384. The van der Waals surface area contributed by atoms with Crippen LogP contribution in [0.5, 0.6) is 0 Å². The van der Waals surface area contributed by atoms with E-state index in [-0.39, 0.29) is 17.6 Å². The molecule has 2 rings (SSSR count). The van der Waals surface area contributed by atoms with Gasteiger partial charge in [-0.25, -0.2) is 0 Å². The number of anilines is 1. The number of hydrogen-bond donors (Lipinski definition) is 2. The van der Waals surface area contributed by atoms with Gasteiger partial charge in [-0.2, -0.15) is 0 Å². The maximum absolute atomic E-state index is 11.9. The molecule has 21 heavy (non-hydrogen) atoms. The minimum Gasteiger partial charge on any atom is -0.361 e. The number of likely N-dealkylation sites (N-methyl/N-ethyl adjacent to an activating group) is 1. The summed E-state index contributed by atoms with van der Waals surface area (Å²) >= 11 is 0. The highest BCUT2D eigenvalue weighted by atomic mass is 16.6. The summed E-state index contributed by atoms with van der Waals surface area (Å²) in [6.45, 7) is 6.58. The molecule has 1 amide bonds. The second kappa shape index (κ2) is 6.53. The molecule has 0 bridgehead atoms. The molecule has 1 saturated heterocycles. The molecule has 1 fully saturated rings. The van der Waals surface area contributed by atoms with Gasteiger partial charge in [-0.3, -0.25) is 14.9 Å². The molecule has 7 nitrogen and oxygen atoms in total. The van der Waals surface area contributed by atoms with E-state index in [1.807, 2.05) is 18.7 Å². The third kappa shape index (κ3) is 3.13. The van der Waals surface area contributed by atoms with Gasteiger partial charge in [0.2, 0.25) is 0 Å². The van der Waals surface area contributed by atoms with E-state index >= 15 is 0 Å². The van der Waals surface area contributed by atoms with Crippen molar-refractivity contribution in [2.75, 3.05) is 31.1 Å². The molecule has 7 heteroatoms. The van der Waals surface area contributed by atoms with Gasteiger partial charge in [0.15, 0.2) is 0 Å². The molecule has 0 unspecified atom stereocenters. The molecule has 114 valence electrons. The van der Waals surface area contributed by atoms with E-state index in [1.165, 1.54) is 12.1 Å². The van der Waals surface area contributed by atoms with Crippen LogP contribution in [0.2, 0.25) is 0 Å². The van der Waals surface area contributed by atoms with Crippen molar-refractivity contribution >= 4 is 17.3 Å². The van der Waals surface area contributed by atoms with Crippen molar-refractivity contribution in [1.29, 1.82) is 0 Å². The Morgan fingerprint density at radius 1 is 1.48 bits per heavy atom. The molecule has 1 aromatic rings. The second-order valence-electron chi connectivity index (χ2n) is 4.92. The minimum atomic E-state index is -0.397. The Hall–Kier alpha value is -2.15. The number of nitro groups is 1. The first kappa shape index (κ1) is 15.2. The first-order valence-electron chi connectivity index (χ1n) is 7.12. The molecular weight excluding hydrogens is 272 g/mol. The molecule has 0 atom stereocenters. The summed E-state index contributed by atoms with van der Waals surface area (Å²) in [5, 5.41) is 17.1. The maximum Gasteiger partial charge on any atom is 0.292 e. The van der Waals surface area contributed by atoms with E-state index in [0.29, 0.717) is 24.3 Å². The number of nitro benzene ring substituents is 1. The summed E-state index contributed by atoms with van der Waals surface area (Å²) in [6.07, 6.45) is 0. The Morgan fingerprint density at radius 3 is 2.67 bits per heavy atom. The average molecular weight is 292 g/mol. The Morgan fingerprint density at radius 2 is 2.19 bits per heavy atom. The Balaban J connectivity index is 2.40. The number of nitrogens with zero attached hydrogens (tertiary/aromatic N) is 2. The quantitative estimate of drug-likeness (QED) is 0.606. The lowest BCUT2D eigenvalue weighted by Crippen LogP contribution is -2.57. The summed E-state index contributed by atoms with van der Waals surface area (Å²) in [5.41, 5.74) is 0.998. The monoisotopic (exact) mass is 292 g/mol. The van der Waals surface area contributed by atoms with Gasteiger partial charge in [0.25, 0.3) is 11.6 Å². The average Bonchev–Trinajstić information content (AvgIpc) is 2.42. The van der Waals surface area contributed by atoms with Crippen LogP contribution in [0.1, 0.15) is 24.2 Å². The van der Waals surface area contributed by atoms with E-state index in [9.17, 15) is 14.9 Å². The molecule has 0 spiro atoms. The topological polar surface area (TPSA) is 87.5 Å². The fourth-order valence-electron chi connectivity index (χ4n) is 2.43. The SMILES string of the molecule is CCNC(=O)c1ccc([N+](=O)[O-])c(N(CC)C2CNC2)c1. The molecular formula is C14H20N4O3. The van der Waals surface area contributed by atoms with Crippen LogP contribution in [-0.2, 0) is 0 Å². The zero-order valence-electron chi connectivity index (χ0n) is 12.3. The van der Waals surface area contributed by atoms with Crippen LogP contribution in [-0.4, -0.2) is 43.1 Å². The summed E-state index contributed by atoms with van der Waals surface area (Å²) < 4.78 is 0. The number of rotatable bonds is 6. The van der Waals surface area contributed by atoms with Crippen molar-refractivity contribution in [3.05, 3.63) is 33.9 Å². The van der Waals surface area contributed by atoms with Crippen LogP contribution in [0.25, 0.3) is 0 Å². The zero-order valence-corrected chi connectivity index (χ0v) is 12.3. The Labute approximate surface area is 123 Å². The summed E-state index contributed by atoms with van der Waals surface area (Å²) in [5.74, 6) is -0.212. The second-order valence-corrected chi connectivity index (χ2v) is 4.92. The van der Waals surface area contributed by atoms with Gasteiger partial charge < -0.3 is 15.5 Å². The Bertz CT molecular complexity index is 543. The number of carbonyl (C=O) groups is 1. The van der Waals surface area contributed by atoms with Gasteiger partial charge in [0.1, 0.15) is 5.69 Å². The summed E-state index contributed by atoms with van der Waals surface area (Å²) in [7, 11) is 0. The lowest BCUT2D eigenvalue weighted by Gasteiger charge is -2.39. The number of benzene rings is 1. The number of hydrogen-bond acceptors (Lipinski definition) is 5. The van der Waals surface area contributed by atoms with E-state index in [2.05, 4.69) is 10.6 Å². The predicted octanol–water partition coefficient (Wildman–Crippen LogP) is 1.14. The molecule has 1 aliphatic heterocycles. The minimum absolute atomic E-state index is 0.0387. The predicted molar refractivity (Wildman–Crippen MR) is 80.8 cm³/mol. The van der Waals surface area contributed by atoms with Crippen molar-refractivity contribution < 1.29 is 9.72 Å². The third-order valence-corrected chi connectivity index (χ3v) is 3.62. The molecule has 0 aromatic heterocycles. The van der Waals surface area contributed by atoms with Crippen molar-refractivity contribution in [1.82, 2.24) is 10.6 Å². The van der Waals surface area contributed by atoms with Gasteiger partial charge >= 0.3 is 0 Å². The van der Waals surface area contributed by atoms with Crippen LogP contribution in [0.15, 0.2) is 18.2 Å². The van der Waals surface area contributed by atoms with Crippen molar-refractivity contribution in [2.24, 2.45) is 0 Å². The summed E-state index contributed by atoms with van der Waals surface area (Å²) in [4.78, 5) is 24.8. The molecule has 1 heterocycles. The fraction of sp³-hybridized carbons (Fsp3) is 0.500. The Kier molecular flexibility index (Phi) is 4.74.